The molecule has 0 saturated carbocycles. The Morgan fingerprint density at radius 2 is 2.29 bits per heavy atom. The fraction of sp³-hybridized carbons (Fsp3) is 0.100. The van der Waals surface area contributed by atoms with Gasteiger partial charge in [-0.25, -0.2) is 4.39 Å². The number of aromatic hydroxyl groups is 1. The highest BCUT2D eigenvalue weighted by Gasteiger charge is 2.14. The van der Waals surface area contributed by atoms with Gasteiger partial charge in [0.05, 0.1) is 5.56 Å². The van der Waals surface area contributed by atoms with E-state index in [-0.39, 0.29) is 17.3 Å². The molecule has 1 aromatic heterocycles. The zero-order valence-electron chi connectivity index (χ0n) is 8.77. The minimum Gasteiger partial charge on any atom is -0.508 e. The molecule has 2 N–H and O–H groups in total. The van der Waals surface area contributed by atoms with E-state index in [0.29, 0.717) is 5.82 Å². The molecule has 1 aromatic carbocycles. The van der Waals surface area contributed by atoms with Gasteiger partial charge in [0.1, 0.15) is 11.6 Å². The van der Waals surface area contributed by atoms with Crippen LogP contribution >= 0.6 is 0 Å². The Balaban J connectivity index is 2.20. The maximum Gasteiger partial charge on any atom is 0.328 e. The van der Waals surface area contributed by atoms with Crippen LogP contribution in [-0.4, -0.2) is 21.2 Å². The summed E-state index contributed by atoms with van der Waals surface area (Å²) in [6, 6.07) is 3.09. The van der Waals surface area contributed by atoms with Gasteiger partial charge in [0, 0.05) is 6.07 Å². The number of phenols is 1. The van der Waals surface area contributed by atoms with Crippen LogP contribution in [0, 0.1) is 12.7 Å². The zero-order chi connectivity index (χ0) is 12.4. The molecular weight excluding hydrogens is 229 g/mol. The third-order valence-corrected chi connectivity index (χ3v) is 1.95. The van der Waals surface area contributed by atoms with Gasteiger partial charge in [0.15, 0.2) is 5.82 Å². The number of benzene rings is 1. The second-order valence-corrected chi connectivity index (χ2v) is 3.27. The smallest absolute Gasteiger partial charge is 0.328 e. The molecule has 0 radical (unpaired) electrons. The number of phenolic OH excluding ortho intramolecular Hbond substituents is 1. The van der Waals surface area contributed by atoms with Gasteiger partial charge >= 0.3 is 6.01 Å². The maximum atomic E-state index is 13.3. The van der Waals surface area contributed by atoms with E-state index in [1.165, 1.54) is 6.07 Å². The van der Waals surface area contributed by atoms with E-state index in [9.17, 15) is 9.18 Å². The molecule has 0 aliphatic carbocycles. The Hall–Kier alpha value is -2.44. The second-order valence-electron chi connectivity index (χ2n) is 3.27. The molecule has 88 valence electrons. The van der Waals surface area contributed by atoms with Crippen LogP contribution in [0.4, 0.5) is 10.4 Å². The first-order valence-electron chi connectivity index (χ1n) is 4.66. The average molecular weight is 237 g/mol. The molecule has 2 rings (SSSR count). The van der Waals surface area contributed by atoms with E-state index in [1.54, 1.807) is 6.92 Å². The summed E-state index contributed by atoms with van der Waals surface area (Å²) < 4.78 is 18.0. The van der Waals surface area contributed by atoms with E-state index in [0.717, 1.165) is 12.1 Å². The Morgan fingerprint density at radius 3 is 2.88 bits per heavy atom. The predicted octanol–water partition coefficient (Wildman–Crippen LogP) is 1.48. The standard InChI is InChI=1S/C10H8FN3O3/c1-5-12-10(17-14-5)13-9(16)7-3-2-6(15)4-8(7)11/h2-4,15H,1H3,(H,12,13,14,16). The molecule has 17 heavy (non-hydrogen) atoms. The molecule has 0 fully saturated rings. The quantitative estimate of drug-likeness (QED) is 0.825. The number of carbonyl (C=O) groups is 1. The molecule has 7 heteroatoms. The van der Waals surface area contributed by atoms with E-state index in [1.807, 2.05) is 0 Å². The summed E-state index contributed by atoms with van der Waals surface area (Å²) in [5.41, 5.74) is -0.223. The predicted molar refractivity (Wildman–Crippen MR) is 55.1 cm³/mol. The number of hydrogen-bond donors (Lipinski definition) is 2. The van der Waals surface area contributed by atoms with Gasteiger partial charge in [-0.2, -0.15) is 4.98 Å². The van der Waals surface area contributed by atoms with Crippen LogP contribution in [0.5, 0.6) is 5.75 Å². The lowest BCUT2D eigenvalue weighted by Crippen LogP contribution is -2.13. The van der Waals surface area contributed by atoms with Crippen molar-refractivity contribution >= 4 is 11.9 Å². The van der Waals surface area contributed by atoms with Crippen LogP contribution in [0.1, 0.15) is 16.2 Å². The van der Waals surface area contributed by atoms with Crippen molar-refractivity contribution in [2.24, 2.45) is 0 Å². The van der Waals surface area contributed by atoms with Crippen LogP contribution in [-0.2, 0) is 0 Å². The molecule has 0 atom stereocenters. The highest BCUT2D eigenvalue weighted by molar-refractivity contribution is 6.03. The number of anilines is 1. The van der Waals surface area contributed by atoms with Crippen LogP contribution in [0.15, 0.2) is 22.7 Å². The van der Waals surface area contributed by atoms with Crippen LogP contribution in [0.3, 0.4) is 0 Å². The number of amides is 1. The highest BCUT2D eigenvalue weighted by Crippen LogP contribution is 2.16. The van der Waals surface area contributed by atoms with E-state index < -0.39 is 11.7 Å². The fourth-order valence-corrected chi connectivity index (χ4v) is 1.20. The van der Waals surface area contributed by atoms with E-state index in [2.05, 4.69) is 20.0 Å². The van der Waals surface area contributed by atoms with Gasteiger partial charge in [-0.1, -0.05) is 5.16 Å². The molecule has 1 heterocycles. The maximum absolute atomic E-state index is 13.3. The topological polar surface area (TPSA) is 88.2 Å². The average Bonchev–Trinajstić information content (AvgIpc) is 2.63. The lowest BCUT2D eigenvalue weighted by atomic mass is 10.2. The summed E-state index contributed by atoms with van der Waals surface area (Å²) in [5.74, 6) is -1.47. The fourth-order valence-electron chi connectivity index (χ4n) is 1.20. The Labute approximate surface area is 95.1 Å². The minimum absolute atomic E-state index is 0.111. The second kappa shape index (κ2) is 4.20. The van der Waals surface area contributed by atoms with Crippen LogP contribution < -0.4 is 5.32 Å². The van der Waals surface area contributed by atoms with Crippen LogP contribution in [0.2, 0.25) is 0 Å². The number of halogens is 1. The van der Waals surface area contributed by atoms with Crippen molar-refractivity contribution in [1.29, 1.82) is 0 Å². The third-order valence-electron chi connectivity index (χ3n) is 1.95. The Morgan fingerprint density at radius 1 is 1.53 bits per heavy atom. The third kappa shape index (κ3) is 2.39. The van der Waals surface area contributed by atoms with Crippen molar-refractivity contribution in [1.82, 2.24) is 10.1 Å². The van der Waals surface area contributed by atoms with Gasteiger partial charge in [0.25, 0.3) is 5.91 Å². The monoisotopic (exact) mass is 237 g/mol. The highest BCUT2D eigenvalue weighted by atomic mass is 19.1. The van der Waals surface area contributed by atoms with Crippen LogP contribution in [0.25, 0.3) is 0 Å². The largest absolute Gasteiger partial charge is 0.508 e. The van der Waals surface area contributed by atoms with Crippen molar-refractivity contribution < 1.29 is 18.8 Å². The SMILES string of the molecule is Cc1noc(NC(=O)c2ccc(O)cc2F)n1. The number of nitrogens with zero attached hydrogens (tertiary/aromatic N) is 2. The van der Waals surface area contributed by atoms with Gasteiger partial charge in [-0.05, 0) is 19.1 Å². The van der Waals surface area contributed by atoms with E-state index in [4.69, 9.17) is 5.11 Å². The number of carbonyl (C=O) groups excluding carboxylic acids is 1. The summed E-state index contributed by atoms with van der Waals surface area (Å²) in [7, 11) is 0. The van der Waals surface area contributed by atoms with Crippen molar-refractivity contribution in [2.75, 3.05) is 5.32 Å². The number of aryl methyl sites for hydroxylation is 1. The van der Waals surface area contributed by atoms with Gasteiger partial charge in [0.2, 0.25) is 0 Å². The molecule has 0 bridgehead atoms. The summed E-state index contributed by atoms with van der Waals surface area (Å²) >= 11 is 0. The molecule has 6 nitrogen and oxygen atoms in total. The summed E-state index contributed by atoms with van der Waals surface area (Å²) in [6.07, 6.45) is 0. The molecular formula is C10H8FN3O3. The van der Waals surface area contributed by atoms with Crippen molar-refractivity contribution in [3.8, 4) is 5.75 Å². The first kappa shape index (κ1) is 11.1. The number of aromatic nitrogens is 2. The molecule has 0 aliphatic heterocycles. The first-order chi connectivity index (χ1) is 8.06. The number of hydrogen-bond acceptors (Lipinski definition) is 5. The molecule has 0 saturated heterocycles. The summed E-state index contributed by atoms with van der Waals surface area (Å²) in [6.45, 7) is 1.58. The lowest BCUT2D eigenvalue weighted by molar-refractivity contribution is 0.101. The summed E-state index contributed by atoms with van der Waals surface area (Å²) in [4.78, 5) is 15.3. The van der Waals surface area contributed by atoms with Gasteiger partial charge in [-0.3, -0.25) is 10.1 Å². The van der Waals surface area contributed by atoms with E-state index >= 15 is 0 Å². The Bertz CT molecular complexity index is 568. The molecule has 1 amide bonds. The molecule has 0 unspecified atom stereocenters. The number of rotatable bonds is 2. The normalized spacial score (nSPS) is 10.2. The van der Waals surface area contributed by atoms with Gasteiger partial charge < -0.3 is 9.63 Å². The zero-order valence-corrected chi connectivity index (χ0v) is 8.77. The Kier molecular flexibility index (Phi) is 2.73. The molecule has 2 aromatic rings. The van der Waals surface area contributed by atoms with Gasteiger partial charge in [-0.15, -0.1) is 0 Å². The number of nitrogens with one attached hydrogen (secondary N) is 1. The lowest BCUT2D eigenvalue weighted by Gasteiger charge is -2.02. The van der Waals surface area contributed by atoms with Crippen molar-refractivity contribution in [2.45, 2.75) is 6.92 Å². The molecule has 0 aliphatic rings. The molecule has 0 spiro atoms. The first-order valence-corrected chi connectivity index (χ1v) is 4.66. The van der Waals surface area contributed by atoms with Crippen molar-refractivity contribution in [3.05, 3.63) is 35.4 Å². The summed E-state index contributed by atoms with van der Waals surface area (Å²) in [5, 5.41) is 14.7. The minimum atomic E-state index is -0.835. The van der Waals surface area contributed by atoms with Crippen molar-refractivity contribution in [3.63, 3.8) is 0 Å².